The quantitative estimate of drug-likeness (QED) is 0.781. The van der Waals surface area contributed by atoms with Crippen molar-refractivity contribution in [1.29, 1.82) is 0 Å². The summed E-state index contributed by atoms with van der Waals surface area (Å²) < 4.78 is 18.2. The van der Waals surface area contributed by atoms with Crippen molar-refractivity contribution in [3.05, 3.63) is 35.4 Å². The Hall–Kier alpha value is 0.0201. The van der Waals surface area contributed by atoms with Crippen LogP contribution in [0.4, 0.5) is 4.39 Å². The van der Waals surface area contributed by atoms with Crippen molar-refractivity contribution >= 4 is 21.4 Å². The van der Waals surface area contributed by atoms with E-state index in [0.717, 1.165) is 6.42 Å². The Morgan fingerprint density at radius 2 is 1.93 bits per heavy atom. The number of benzene rings is 1. The molecule has 0 unspecified atom stereocenters. The number of rotatable bonds is 5. The summed E-state index contributed by atoms with van der Waals surface area (Å²) in [7, 11) is 0. The van der Waals surface area contributed by atoms with Crippen molar-refractivity contribution in [1.82, 2.24) is 0 Å². The van der Waals surface area contributed by atoms with Crippen LogP contribution in [0, 0.1) is 0 Å². The van der Waals surface area contributed by atoms with Gasteiger partial charge in [-0.3, -0.25) is 0 Å². The van der Waals surface area contributed by atoms with Crippen LogP contribution in [0.3, 0.4) is 0 Å². The number of alkyl halides is 1. The minimum absolute atomic E-state index is 0.201. The first-order valence-corrected chi connectivity index (χ1v) is 14.3. The molecule has 0 saturated carbocycles. The third-order valence-corrected chi connectivity index (χ3v) is 5.91. The van der Waals surface area contributed by atoms with Crippen LogP contribution in [0.15, 0.2) is 24.3 Å². The Balaban J connectivity index is 2.59. The van der Waals surface area contributed by atoms with Gasteiger partial charge in [-0.05, 0) is 0 Å². The molecule has 0 nitrogen and oxygen atoms in total. The molecule has 1 aromatic rings. The zero-order chi connectivity index (χ0) is 10.4. The molecule has 1 rings (SSSR count). The molecule has 0 aromatic heterocycles. The molecular weight excluding hydrogens is 278 g/mol. The molecule has 76 valence electrons. The number of hydrogen-bond acceptors (Lipinski definition) is 0. The van der Waals surface area contributed by atoms with Crippen LogP contribution in [0.25, 0.3) is 0 Å². The summed E-state index contributed by atoms with van der Waals surface area (Å²) in [5.41, 5.74) is 2.76. The van der Waals surface area contributed by atoms with E-state index in [2.05, 4.69) is 33.6 Å². The van der Waals surface area contributed by atoms with E-state index in [9.17, 15) is 4.39 Å². The van der Waals surface area contributed by atoms with Crippen molar-refractivity contribution in [2.24, 2.45) is 0 Å². The van der Waals surface area contributed by atoms with Gasteiger partial charge in [-0.2, -0.15) is 0 Å². The molecule has 0 heterocycles. The van der Waals surface area contributed by atoms with E-state index in [1.165, 1.54) is 15.3 Å². The Bertz CT molecular complexity index is 271. The van der Waals surface area contributed by atoms with Crippen molar-refractivity contribution in [2.75, 3.05) is 6.67 Å². The van der Waals surface area contributed by atoms with Gasteiger partial charge >= 0.3 is 94.3 Å². The molecule has 0 N–H and O–H groups in total. The Morgan fingerprint density at radius 1 is 1.21 bits per heavy atom. The Kier molecular flexibility index (Phi) is 5.61. The molecule has 0 amide bonds. The average Bonchev–Trinajstić information content (AvgIpc) is 2.14. The molecule has 0 spiro atoms. The molecule has 0 saturated heterocycles. The maximum atomic E-state index is 12.0. The summed E-state index contributed by atoms with van der Waals surface area (Å²) in [5.74, 6) is 0. The molecule has 2 heteroatoms. The summed E-state index contributed by atoms with van der Waals surface area (Å²) in [5, 5.41) is 0. The van der Waals surface area contributed by atoms with Gasteiger partial charge in [-0.15, -0.1) is 0 Å². The van der Waals surface area contributed by atoms with E-state index in [4.69, 9.17) is 0 Å². The zero-order valence-electron chi connectivity index (χ0n) is 9.09. The third-order valence-electron chi connectivity index (χ3n) is 2.23. The Labute approximate surface area is 94.1 Å². The number of halogens is 1. The van der Waals surface area contributed by atoms with Gasteiger partial charge in [0.15, 0.2) is 0 Å². The van der Waals surface area contributed by atoms with Gasteiger partial charge in [0.05, 0.1) is 0 Å². The summed E-state index contributed by atoms with van der Waals surface area (Å²) in [6, 6.07) is 8.68. The SMILES string of the molecule is [CH3][In]([CH3])[CH2]c1cccc(CCCF)c1. The van der Waals surface area contributed by atoms with Gasteiger partial charge in [0.25, 0.3) is 0 Å². The van der Waals surface area contributed by atoms with E-state index in [0.29, 0.717) is 6.42 Å². The molecule has 0 atom stereocenters. The summed E-state index contributed by atoms with van der Waals surface area (Å²) in [6.07, 6.45) is 1.55. The number of aryl methyl sites for hydroxylation is 1. The topological polar surface area (TPSA) is 0 Å². The van der Waals surface area contributed by atoms with Gasteiger partial charge in [0.2, 0.25) is 0 Å². The van der Waals surface area contributed by atoms with Crippen LogP contribution in [0.1, 0.15) is 17.5 Å². The second kappa shape index (κ2) is 6.49. The van der Waals surface area contributed by atoms with E-state index in [1.807, 2.05) is 0 Å². The average molecular weight is 296 g/mol. The van der Waals surface area contributed by atoms with E-state index < -0.39 is 21.4 Å². The fourth-order valence-corrected chi connectivity index (χ4v) is 5.07. The molecule has 0 aliphatic carbocycles. The zero-order valence-corrected chi connectivity index (χ0v) is 12.4. The van der Waals surface area contributed by atoms with Crippen LogP contribution < -0.4 is 0 Å². The van der Waals surface area contributed by atoms with Gasteiger partial charge in [0, 0.05) is 0 Å². The van der Waals surface area contributed by atoms with E-state index in [1.54, 1.807) is 0 Å². The molecule has 0 radical (unpaired) electrons. The predicted molar refractivity (Wildman–Crippen MR) is 61.9 cm³/mol. The second-order valence-electron chi connectivity index (χ2n) is 4.21. The fraction of sp³-hybridized carbons (Fsp3) is 0.500. The van der Waals surface area contributed by atoms with E-state index in [-0.39, 0.29) is 6.67 Å². The molecule has 14 heavy (non-hydrogen) atoms. The predicted octanol–water partition coefficient (Wildman–Crippen LogP) is 3.42. The normalized spacial score (nSPS) is 10.2. The van der Waals surface area contributed by atoms with Gasteiger partial charge in [-0.1, -0.05) is 0 Å². The third kappa shape index (κ3) is 4.50. The van der Waals surface area contributed by atoms with Crippen molar-refractivity contribution in [3.8, 4) is 0 Å². The standard InChI is InChI=1S/C10H12F.2CH3.In/c1-9-4-2-5-10(8-9)6-3-7-11;;;/h2,4-5,8H,1,3,6-7H2;2*1H3;. The fourth-order valence-electron chi connectivity index (χ4n) is 1.65. The summed E-state index contributed by atoms with van der Waals surface area (Å²) in [4.78, 5) is 0. The maximum absolute atomic E-state index is 12.0. The molecule has 0 fully saturated rings. The monoisotopic (exact) mass is 296 g/mol. The summed E-state index contributed by atoms with van der Waals surface area (Å²) in [6.45, 7) is -0.201. The first kappa shape index (κ1) is 12.1. The van der Waals surface area contributed by atoms with Crippen LogP contribution in [0.5, 0.6) is 0 Å². The van der Waals surface area contributed by atoms with Crippen LogP contribution in [-0.2, 0) is 10.6 Å². The van der Waals surface area contributed by atoms with Gasteiger partial charge < -0.3 is 0 Å². The van der Waals surface area contributed by atoms with Crippen molar-refractivity contribution < 1.29 is 4.39 Å². The molecule has 1 aromatic carbocycles. The number of hydrogen-bond donors (Lipinski definition) is 0. The molecular formula is C12H18FIn. The molecule has 0 bridgehead atoms. The summed E-state index contributed by atoms with van der Waals surface area (Å²) >= 11 is -1.14. The van der Waals surface area contributed by atoms with Gasteiger partial charge in [-0.25, -0.2) is 0 Å². The molecule has 0 aliphatic heterocycles. The van der Waals surface area contributed by atoms with Crippen LogP contribution in [0.2, 0.25) is 9.36 Å². The van der Waals surface area contributed by atoms with Crippen molar-refractivity contribution in [2.45, 2.75) is 26.4 Å². The van der Waals surface area contributed by atoms with Gasteiger partial charge in [0.1, 0.15) is 0 Å². The van der Waals surface area contributed by atoms with Crippen LogP contribution >= 0.6 is 0 Å². The Morgan fingerprint density at radius 3 is 2.57 bits per heavy atom. The first-order chi connectivity index (χ1) is 6.72. The second-order valence-corrected chi connectivity index (χ2v) is 13.3. The molecule has 0 aliphatic rings. The van der Waals surface area contributed by atoms with Crippen molar-refractivity contribution in [3.63, 3.8) is 0 Å². The van der Waals surface area contributed by atoms with Crippen LogP contribution in [-0.4, -0.2) is 28.1 Å². The van der Waals surface area contributed by atoms with E-state index >= 15 is 0 Å². The first-order valence-electron chi connectivity index (χ1n) is 5.36. The minimum atomic E-state index is -1.14.